The van der Waals surface area contributed by atoms with Crippen molar-refractivity contribution in [1.29, 1.82) is 0 Å². The van der Waals surface area contributed by atoms with E-state index in [-0.39, 0.29) is 0 Å². The summed E-state index contributed by atoms with van der Waals surface area (Å²) in [6.07, 6.45) is 2.24. The van der Waals surface area contributed by atoms with E-state index in [4.69, 9.17) is 4.74 Å². The number of likely N-dealkylation sites (N-methyl/N-ethyl adjacent to an activating group) is 1. The molecule has 96 valence electrons. The smallest absolute Gasteiger partial charge is 0.128 e. The number of methoxy groups -OCH3 is 1. The summed E-state index contributed by atoms with van der Waals surface area (Å²) < 4.78 is 5.51. The molecule has 0 spiro atoms. The minimum atomic E-state index is 0.505. The minimum absolute atomic E-state index is 0.505. The van der Waals surface area contributed by atoms with Gasteiger partial charge in [0.25, 0.3) is 0 Å². The molecule has 1 aliphatic rings. The van der Waals surface area contributed by atoms with Crippen molar-refractivity contribution < 1.29 is 4.74 Å². The van der Waals surface area contributed by atoms with Gasteiger partial charge in [-0.2, -0.15) is 0 Å². The fourth-order valence-corrected chi connectivity index (χ4v) is 3.20. The van der Waals surface area contributed by atoms with E-state index >= 15 is 0 Å². The second-order valence-electron chi connectivity index (χ2n) is 5.05. The Kier molecular flexibility index (Phi) is 2.78. The van der Waals surface area contributed by atoms with Crippen LogP contribution in [0.5, 0.6) is 5.75 Å². The molecule has 3 nitrogen and oxygen atoms in total. The Balaban J connectivity index is 2.25. The average Bonchev–Trinajstić information content (AvgIpc) is 2.76. The van der Waals surface area contributed by atoms with Crippen molar-refractivity contribution in [1.82, 2.24) is 9.88 Å². The van der Waals surface area contributed by atoms with E-state index in [1.54, 1.807) is 7.11 Å². The van der Waals surface area contributed by atoms with Gasteiger partial charge in [0.15, 0.2) is 0 Å². The summed E-state index contributed by atoms with van der Waals surface area (Å²) >= 11 is 0. The molecule has 0 bridgehead atoms. The highest BCUT2D eigenvalue weighted by Gasteiger charge is 2.27. The van der Waals surface area contributed by atoms with E-state index in [1.807, 2.05) is 6.07 Å². The molecule has 0 aliphatic carbocycles. The van der Waals surface area contributed by atoms with Crippen LogP contribution in [-0.4, -0.2) is 30.6 Å². The van der Waals surface area contributed by atoms with Gasteiger partial charge in [0, 0.05) is 29.2 Å². The summed E-state index contributed by atoms with van der Waals surface area (Å²) in [6.45, 7) is 3.37. The molecule has 0 fully saturated rings. The maximum absolute atomic E-state index is 5.51. The predicted octanol–water partition coefficient (Wildman–Crippen LogP) is 3.12. The number of hydrogen-bond acceptors (Lipinski definition) is 2. The molecule has 3 rings (SSSR count). The summed E-state index contributed by atoms with van der Waals surface area (Å²) in [4.78, 5) is 6.04. The molecule has 0 radical (unpaired) electrons. The van der Waals surface area contributed by atoms with E-state index in [0.29, 0.717) is 6.04 Å². The highest BCUT2D eigenvalue weighted by atomic mass is 16.5. The third kappa shape index (κ3) is 1.54. The molecule has 0 unspecified atom stereocenters. The van der Waals surface area contributed by atoms with E-state index in [9.17, 15) is 0 Å². The van der Waals surface area contributed by atoms with Gasteiger partial charge in [-0.05, 0) is 37.6 Å². The largest absolute Gasteiger partial charge is 0.496 e. The number of fused-ring (bicyclic) bond motifs is 3. The maximum atomic E-state index is 5.51. The van der Waals surface area contributed by atoms with Gasteiger partial charge < -0.3 is 9.72 Å². The lowest BCUT2D eigenvalue weighted by molar-refractivity contribution is 0.222. The van der Waals surface area contributed by atoms with Crippen molar-refractivity contribution in [2.75, 3.05) is 20.7 Å². The van der Waals surface area contributed by atoms with Crippen molar-refractivity contribution in [3.63, 3.8) is 0 Å². The van der Waals surface area contributed by atoms with Crippen molar-refractivity contribution in [2.24, 2.45) is 0 Å². The summed E-state index contributed by atoms with van der Waals surface area (Å²) in [6, 6.07) is 6.75. The maximum Gasteiger partial charge on any atom is 0.128 e. The van der Waals surface area contributed by atoms with Crippen LogP contribution in [0.1, 0.15) is 30.6 Å². The Morgan fingerprint density at radius 1 is 1.44 bits per heavy atom. The summed E-state index contributed by atoms with van der Waals surface area (Å²) in [5.74, 6) is 0.990. The lowest BCUT2D eigenvalue weighted by Gasteiger charge is -2.32. The topological polar surface area (TPSA) is 28.3 Å². The fourth-order valence-electron chi connectivity index (χ4n) is 3.20. The molecule has 1 aromatic heterocycles. The molecule has 1 aliphatic heterocycles. The van der Waals surface area contributed by atoms with Crippen LogP contribution in [0.15, 0.2) is 18.2 Å². The van der Waals surface area contributed by atoms with E-state index < -0.39 is 0 Å². The highest BCUT2D eigenvalue weighted by molar-refractivity contribution is 5.91. The van der Waals surface area contributed by atoms with Crippen LogP contribution in [0, 0.1) is 0 Å². The van der Waals surface area contributed by atoms with Gasteiger partial charge in [-0.25, -0.2) is 0 Å². The number of hydrogen-bond donors (Lipinski definition) is 1. The first-order chi connectivity index (χ1) is 8.76. The third-order valence-electron chi connectivity index (χ3n) is 4.11. The quantitative estimate of drug-likeness (QED) is 0.879. The van der Waals surface area contributed by atoms with E-state index in [1.165, 1.54) is 22.2 Å². The summed E-state index contributed by atoms with van der Waals surface area (Å²) in [7, 11) is 3.96. The van der Waals surface area contributed by atoms with E-state index in [0.717, 1.165) is 25.1 Å². The fraction of sp³-hybridized carbons (Fsp3) is 0.467. The van der Waals surface area contributed by atoms with Crippen LogP contribution in [-0.2, 0) is 6.42 Å². The Morgan fingerprint density at radius 3 is 3.00 bits per heavy atom. The first-order valence-corrected chi connectivity index (χ1v) is 6.64. The molecule has 1 N–H and O–H groups in total. The van der Waals surface area contributed by atoms with Crippen LogP contribution in [0.3, 0.4) is 0 Å². The Bertz CT molecular complexity index is 573. The Hall–Kier alpha value is -1.48. The summed E-state index contributed by atoms with van der Waals surface area (Å²) in [5.41, 5.74) is 4.03. The second-order valence-corrected chi connectivity index (χ2v) is 5.05. The summed E-state index contributed by atoms with van der Waals surface area (Å²) in [5, 5.41) is 1.28. The molecule has 0 saturated carbocycles. The van der Waals surface area contributed by atoms with Gasteiger partial charge in [-0.1, -0.05) is 13.0 Å². The standard InChI is InChI=1S/C15H20N2O/c1-4-12-15-10(8-9-17(12)2)14-11(16-15)6-5-7-13(14)18-3/h5-7,12,16H,4,8-9H2,1-3H3/t12-/m0/s1. The second kappa shape index (κ2) is 4.32. The lowest BCUT2D eigenvalue weighted by atomic mass is 9.96. The number of aromatic amines is 1. The lowest BCUT2D eigenvalue weighted by Crippen LogP contribution is -2.31. The van der Waals surface area contributed by atoms with Gasteiger partial charge in [0.1, 0.15) is 5.75 Å². The van der Waals surface area contributed by atoms with Gasteiger partial charge in [-0.15, -0.1) is 0 Å². The zero-order valence-corrected chi connectivity index (χ0v) is 11.3. The van der Waals surface area contributed by atoms with Gasteiger partial charge >= 0.3 is 0 Å². The van der Waals surface area contributed by atoms with Crippen LogP contribution in [0.2, 0.25) is 0 Å². The molecule has 2 aromatic rings. The number of ether oxygens (including phenoxy) is 1. The average molecular weight is 244 g/mol. The van der Waals surface area contributed by atoms with Crippen molar-refractivity contribution in [3.05, 3.63) is 29.5 Å². The number of nitrogens with one attached hydrogen (secondary N) is 1. The molecule has 1 atom stereocenters. The van der Waals surface area contributed by atoms with Gasteiger partial charge in [0.2, 0.25) is 0 Å². The number of nitrogens with zero attached hydrogens (tertiary/aromatic N) is 1. The van der Waals surface area contributed by atoms with Gasteiger partial charge in [0.05, 0.1) is 7.11 Å². The van der Waals surface area contributed by atoms with Crippen molar-refractivity contribution in [3.8, 4) is 5.75 Å². The number of H-pyrrole nitrogens is 1. The van der Waals surface area contributed by atoms with Crippen LogP contribution < -0.4 is 4.74 Å². The number of benzene rings is 1. The van der Waals surface area contributed by atoms with Crippen LogP contribution in [0.4, 0.5) is 0 Å². The molecule has 2 heterocycles. The number of rotatable bonds is 2. The zero-order chi connectivity index (χ0) is 12.7. The molecular weight excluding hydrogens is 224 g/mol. The molecule has 0 saturated heterocycles. The van der Waals surface area contributed by atoms with Crippen LogP contribution >= 0.6 is 0 Å². The Labute approximate surface area is 108 Å². The Morgan fingerprint density at radius 2 is 2.28 bits per heavy atom. The SMILES string of the molecule is CC[C@H]1c2[nH]c3cccc(OC)c3c2CCN1C. The molecule has 3 heteroatoms. The third-order valence-corrected chi connectivity index (χ3v) is 4.11. The number of aromatic nitrogens is 1. The normalized spacial score (nSPS) is 20.1. The minimum Gasteiger partial charge on any atom is -0.496 e. The van der Waals surface area contributed by atoms with Crippen molar-refractivity contribution in [2.45, 2.75) is 25.8 Å². The highest BCUT2D eigenvalue weighted by Crippen LogP contribution is 2.38. The molecule has 18 heavy (non-hydrogen) atoms. The first kappa shape index (κ1) is 11.6. The zero-order valence-electron chi connectivity index (χ0n) is 11.3. The predicted molar refractivity (Wildman–Crippen MR) is 74.2 cm³/mol. The monoisotopic (exact) mass is 244 g/mol. The van der Waals surface area contributed by atoms with E-state index in [2.05, 4.69) is 36.0 Å². The molecule has 1 aromatic carbocycles. The van der Waals surface area contributed by atoms with Crippen LogP contribution in [0.25, 0.3) is 10.9 Å². The van der Waals surface area contributed by atoms with Crippen molar-refractivity contribution >= 4 is 10.9 Å². The first-order valence-electron chi connectivity index (χ1n) is 6.64. The molecular formula is C15H20N2O. The molecule has 0 amide bonds. The van der Waals surface area contributed by atoms with Gasteiger partial charge in [-0.3, -0.25) is 4.90 Å².